The topological polar surface area (TPSA) is 72.9 Å². The van der Waals surface area contributed by atoms with E-state index in [4.69, 9.17) is 5.73 Å². The third kappa shape index (κ3) is 3.00. The SMILES string of the molecule is Cc1ccccc1-n1ncc(CN2CCc3nc(N)ncc3C2)c1C. The summed E-state index contributed by atoms with van der Waals surface area (Å²) < 4.78 is 2.03. The molecule has 0 aliphatic carbocycles. The van der Waals surface area contributed by atoms with Gasteiger partial charge in [-0.25, -0.2) is 14.6 Å². The van der Waals surface area contributed by atoms with Gasteiger partial charge in [-0.2, -0.15) is 5.10 Å². The van der Waals surface area contributed by atoms with E-state index >= 15 is 0 Å². The minimum absolute atomic E-state index is 0.363. The van der Waals surface area contributed by atoms with E-state index in [1.54, 1.807) is 0 Å². The fourth-order valence-corrected chi connectivity index (χ4v) is 3.41. The average molecular weight is 334 g/mol. The lowest BCUT2D eigenvalue weighted by molar-refractivity contribution is 0.242. The van der Waals surface area contributed by atoms with E-state index in [-0.39, 0.29) is 0 Å². The number of hydrogen-bond acceptors (Lipinski definition) is 5. The minimum Gasteiger partial charge on any atom is -0.368 e. The zero-order valence-electron chi connectivity index (χ0n) is 14.6. The number of aromatic nitrogens is 4. The van der Waals surface area contributed by atoms with Gasteiger partial charge in [0.2, 0.25) is 5.95 Å². The molecule has 0 unspecified atom stereocenters. The van der Waals surface area contributed by atoms with Crippen molar-refractivity contribution in [3.8, 4) is 5.69 Å². The third-order valence-corrected chi connectivity index (χ3v) is 4.88. The van der Waals surface area contributed by atoms with Gasteiger partial charge in [-0.15, -0.1) is 0 Å². The van der Waals surface area contributed by atoms with E-state index < -0.39 is 0 Å². The van der Waals surface area contributed by atoms with Crippen LogP contribution in [0.1, 0.15) is 28.1 Å². The second-order valence-electron chi connectivity index (χ2n) is 6.61. The van der Waals surface area contributed by atoms with Gasteiger partial charge in [0.15, 0.2) is 0 Å². The van der Waals surface area contributed by atoms with Crippen LogP contribution in [0, 0.1) is 13.8 Å². The van der Waals surface area contributed by atoms with Gasteiger partial charge < -0.3 is 5.73 Å². The Hall–Kier alpha value is -2.73. The highest BCUT2D eigenvalue weighted by molar-refractivity contribution is 5.41. The number of para-hydroxylation sites is 1. The van der Waals surface area contributed by atoms with Gasteiger partial charge in [-0.05, 0) is 25.5 Å². The molecule has 1 aliphatic rings. The van der Waals surface area contributed by atoms with Gasteiger partial charge in [-0.3, -0.25) is 4.90 Å². The van der Waals surface area contributed by atoms with Crippen molar-refractivity contribution in [2.75, 3.05) is 12.3 Å². The molecule has 3 aromatic rings. The van der Waals surface area contributed by atoms with Gasteiger partial charge >= 0.3 is 0 Å². The second-order valence-corrected chi connectivity index (χ2v) is 6.61. The Morgan fingerprint density at radius 2 is 2.00 bits per heavy atom. The summed E-state index contributed by atoms with van der Waals surface area (Å²) in [6.45, 7) is 6.95. The zero-order valence-corrected chi connectivity index (χ0v) is 14.6. The number of nitrogens with zero attached hydrogens (tertiary/aromatic N) is 5. The second kappa shape index (κ2) is 6.29. The predicted molar refractivity (Wildman–Crippen MR) is 97.3 cm³/mol. The number of nitrogens with two attached hydrogens (primary N) is 1. The Labute approximate surface area is 147 Å². The van der Waals surface area contributed by atoms with Crippen LogP contribution in [0.5, 0.6) is 0 Å². The monoisotopic (exact) mass is 334 g/mol. The summed E-state index contributed by atoms with van der Waals surface area (Å²) in [6, 6.07) is 8.33. The molecule has 0 saturated heterocycles. The van der Waals surface area contributed by atoms with E-state index in [0.29, 0.717) is 5.95 Å². The van der Waals surface area contributed by atoms with Crippen molar-refractivity contribution in [3.05, 3.63) is 64.7 Å². The maximum absolute atomic E-state index is 5.68. The highest BCUT2D eigenvalue weighted by Crippen LogP contribution is 2.22. The van der Waals surface area contributed by atoms with Gasteiger partial charge in [0.05, 0.1) is 17.6 Å². The molecule has 0 amide bonds. The summed E-state index contributed by atoms with van der Waals surface area (Å²) in [5.41, 5.74) is 12.7. The highest BCUT2D eigenvalue weighted by atomic mass is 15.3. The van der Waals surface area contributed by atoms with Gasteiger partial charge in [-0.1, -0.05) is 18.2 Å². The minimum atomic E-state index is 0.363. The largest absolute Gasteiger partial charge is 0.368 e. The molecule has 0 bridgehead atoms. The normalized spacial score (nSPS) is 14.5. The Kier molecular flexibility index (Phi) is 3.97. The Morgan fingerprint density at radius 3 is 2.84 bits per heavy atom. The Balaban J connectivity index is 1.55. The molecule has 0 atom stereocenters. The third-order valence-electron chi connectivity index (χ3n) is 4.88. The Morgan fingerprint density at radius 1 is 1.16 bits per heavy atom. The summed E-state index contributed by atoms with van der Waals surface area (Å²) in [7, 11) is 0. The van der Waals surface area contributed by atoms with Gasteiger partial charge in [0, 0.05) is 49.1 Å². The summed E-state index contributed by atoms with van der Waals surface area (Å²) >= 11 is 0. The van der Waals surface area contributed by atoms with Crippen LogP contribution in [-0.2, 0) is 19.5 Å². The van der Waals surface area contributed by atoms with E-state index in [1.165, 1.54) is 22.4 Å². The number of aryl methyl sites for hydroxylation is 1. The maximum atomic E-state index is 5.68. The number of fused-ring (bicyclic) bond motifs is 1. The van der Waals surface area contributed by atoms with Gasteiger partial charge in [0.1, 0.15) is 0 Å². The molecule has 25 heavy (non-hydrogen) atoms. The summed E-state index contributed by atoms with van der Waals surface area (Å²) in [4.78, 5) is 10.9. The van der Waals surface area contributed by atoms with Crippen LogP contribution in [0.4, 0.5) is 5.95 Å². The van der Waals surface area contributed by atoms with Crippen LogP contribution in [0.2, 0.25) is 0 Å². The first-order valence-electron chi connectivity index (χ1n) is 8.54. The maximum Gasteiger partial charge on any atom is 0.220 e. The summed E-state index contributed by atoms with van der Waals surface area (Å²) in [5.74, 6) is 0.363. The first-order chi connectivity index (χ1) is 12.1. The number of anilines is 1. The van der Waals surface area contributed by atoms with E-state index in [9.17, 15) is 0 Å². The molecule has 128 valence electrons. The smallest absolute Gasteiger partial charge is 0.220 e. The first-order valence-corrected chi connectivity index (χ1v) is 8.54. The summed E-state index contributed by atoms with van der Waals surface area (Å²) in [6.07, 6.45) is 4.75. The quantitative estimate of drug-likeness (QED) is 0.796. The fraction of sp³-hybridized carbons (Fsp3) is 0.316. The van der Waals surface area contributed by atoms with Crippen molar-refractivity contribution in [2.24, 2.45) is 0 Å². The summed E-state index contributed by atoms with van der Waals surface area (Å²) in [5, 5.41) is 4.62. The van der Waals surface area contributed by atoms with Crippen LogP contribution >= 0.6 is 0 Å². The highest BCUT2D eigenvalue weighted by Gasteiger charge is 2.20. The molecule has 0 spiro atoms. The van der Waals surface area contributed by atoms with Crippen molar-refractivity contribution in [1.82, 2.24) is 24.6 Å². The fourth-order valence-electron chi connectivity index (χ4n) is 3.41. The predicted octanol–water partition coefficient (Wildman–Crippen LogP) is 2.42. The molecule has 4 rings (SSSR count). The van der Waals surface area contributed by atoms with Crippen molar-refractivity contribution in [3.63, 3.8) is 0 Å². The molecule has 0 fully saturated rings. The molecular formula is C19H22N6. The molecule has 1 aromatic carbocycles. The first kappa shape index (κ1) is 15.8. The van der Waals surface area contributed by atoms with Crippen molar-refractivity contribution < 1.29 is 0 Å². The van der Waals surface area contributed by atoms with Crippen LogP contribution in [0.15, 0.2) is 36.7 Å². The molecule has 0 radical (unpaired) electrons. The van der Waals surface area contributed by atoms with Crippen LogP contribution < -0.4 is 5.73 Å². The standard InChI is InChI=1S/C19H22N6/c1-13-5-3-4-6-18(13)25-14(2)15(10-22-25)11-24-8-7-17-16(12-24)9-21-19(20)23-17/h3-6,9-10H,7-8,11-12H2,1-2H3,(H2,20,21,23). The number of nitrogen functional groups attached to an aromatic ring is 1. The lowest BCUT2D eigenvalue weighted by atomic mass is 10.1. The Bertz CT molecular complexity index is 914. The number of rotatable bonds is 3. The number of hydrogen-bond donors (Lipinski definition) is 1. The van der Waals surface area contributed by atoms with E-state index in [0.717, 1.165) is 37.4 Å². The molecule has 3 heterocycles. The zero-order chi connectivity index (χ0) is 17.4. The lowest BCUT2D eigenvalue weighted by Gasteiger charge is -2.27. The molecule has 6 heteroatoms. The molecular weight excluding hydrogens is 312 g/mol. The lowest BCUT2D eigenvalue weighted by Crippen LogP contribution is -2.31. The number of benzene rings is 1. The average Bonchev–Trinajstić information content (AvgIpc) is 2.96. The van der Waals surface area contributed by atoms with E-state index in [2.05, 4.69) is 58.1 Å². The molecule has 1 aliphatic heterocycles. The van der Waals surface area contributed by atoms with Crippen molar-refractivity contribution in [1.29, 1.82) is 0 Å². The van der Waals surface area contributed by atoms with Crippen molar-refractivity contribution in [2.45, 2.75) is 33.4 Å². The molecule has 6 nitrogen and oxygen atoms in total. The van der Waals surface area contributed by atoms with E-state index in [1.807, 2.05) is 17.1 Å². The molecule has 0 saturated carbocycles. The van der Waals surface area contributed by atoms with Crippen LogP contribution in [-0.4, -0.2) is 31.2 Å². The van der Waals surface area contributed by atoms with Crippen LogP contribution in [0.3, 0.4) is 0 Å². The van der Waals surface area contributed by atoms with Gasteiger partial charge in [0.25, 0.3) is 0 Å². The van der Waals surface area contributed by atoms with Crippen molar-refractivity contribution >= 4 is 5.95 Å². The van der Waals surface area contributed by atoms with Crippen LogP contribution in [0.25, 0.3) is 5.69 Å². The molecule has 2 N–H and O–H groups in total. The molecule has 2 aromatic heterocycles.